The van der Waals surface area contributed by atoms with Gasteiger partial charge in [-0.2, -0.15) is 5.10 Å². The number of carbonyl (C=O) groups excluding carboxylic acids is 1. The maximum atomic E-state index is 12.3. The Hall–Kier alpha value is -2.34. The van der Waals surface area contributed by atoms with E-state index in [4.69, 9.17) is 4.74 Å². The molecule has 6 nitrogen and oxygen atoms in total. The Labute approximate surface area is 142 Å². The lowest BCUT2D eigenvalue weighted by Gasteiger charge is -2.22. The van der Waals surface area contributed by atoms with Gasteiger partial charge in [0.2, 0.25) is 5.91 Å². The highest BCUT2D eigenvalue weighted by Crippen LogP contribution is 2.15. The normalized spacial score (nSPS) is 17.0. The zero-order valence-electron chi connectivity index (χ0n) is 14.0. The van der Waals surface area contributed by atoms with Crippen LogP contribution in [0.2, 0.25) is 0 Å². The number of amides is 1. The van der Waals surface area contributed by atoms with E-state index in [9.17, 15) is 4.79 Å². The van der Waals surface area contributed by atoms with Crippen molar-refractivity contribution in [2.24, 2.45) is 0 Å². The Morgan fingerprint density at radius 2 is 2.25 bits per heavy atom. The molecule has 2 heterocycles. The molecule has 2 aromatic rings. The summed E-state index contributed by atoms with van der Waals surface area (Å²) in [5.74, 6) is -0.0441. The van der Waals surface area contributed by atoms with Crippen LogP contribution in [-0.4, -0.2) is 41.5 Å². The minimum Gasteiger partial charge on any atom is -0.376 e. The van der Waals surface area contributed by atoms with E-state index in [0.717, 1.165) is 43.9 Å². The molecule has 1 saturated heterocycles. The van der Waals surface area contributed by atoms with Gasteiger partial charge in [0, 0.05) is 25.0 Å². The monoisotopic (exact) mass is 328 g/mol. The van der Waals surface area contributed by atoms with Gasteiger partial charge in [-0.1, -0.05) is 18.2 Å². The summed E-state index contributed by atoms with van der Waals surface area (Å²) in [6, 6.07) is 9.95. The highest BCUT2D eigenvalue weighted by Gasteiger charge is 2.17. The van der Waals surface area contributed by atoms with Crippen molar-refractivity contribution in [2.45, 2.75) is 32.4 Å². The van der Waals surface area contributed by atoms with Gasteiger partial charge in [-0.15, -0.1) is 0 Å². The summed E-state index contributed by atoms with van der Waals surface area (Å²) in [6.07, 6.45) is 5.97. The van der Waals surface area contributed by atoms with E-state index in [0.29, 0.717) is 6.54 Å². The largest absolute Gasteiger partial charge is 0.376 e. The van der Waals surface area contributed by atoms with Crippen LogP contribution in [0.5, 0.6) is 0 Å². The summed E-state index contributed by atoms with van der Waals surface area (Å²) >= 11 is 0. The number of likely N-dealkylation sites (N-methyl/N-ethyl adjacent to an activating group) is 1. The lowest BCUT2D eigenvalue weighted by atomic mass is 10.2. The van der Waals surface area contributed by atoms with E-state index in [-0.39, 0.29) is 12.0 Å². The van der Waals surface area contributed by atoms with Gasteiger partial charge in [0.05, 0.1) is 31.1 Å². The standard InChI is InChI=1S/C18H24N4O2/c1-2-21(16-7-4-3-5-8-16)14-18(23)20-15-11-19-22(12-15)13-17-9-6-10-24-17/h3-5,7-8,11-12,17H,2,6,9-10,13-14H2,1H3,(H,20,23). The van der Waals surface area contributed by atoms with E-state index in [2.05, 4.69) is 10.4 Å². The Morgan fingerprint density at radius 1 is 1.42 bits per heavy atom. The number of carbonyl (C=O) groups is 1. The molecule has 1 atom stereocenters. The summed E-state index contributed by atoms with van der Waals surface area (Å²) < 4.78 is 7.44. The first-order chi connectivity index (χ1) is 11.7. The molecule has 1 fully saturated rings. The predicted octanol–water partition coefficient (Wildman–Crippen LogP) is 2.53. The lowest BCUT2D eigenvalue weighted by molar-refractivity contribution is -0.115. The van der Waals surface area contributed by atoms with Crippen molar-refractivity contribution >= 4 is 17.3 Å². The van der Waals surface area contributed by atoms with E-state index in [1.807, 2.05) is 53.0 Å². The SMILES string of the molecule is CCN(CC(=O)Nc1cnn(CC2CCCO2)c1)c1ccccc1. The van der Waals surface area contributed by atoms with Crippen LogP contribution in [0, 0.1) is 0 Å². The average Bonchev–Trinajstić information content (AvgIpc) is 3.26. The molecule has 24 heavy (non-hydrogen) atoms. The van der Waals surface area contributed by atoms with Crippen molar-refractivity contribution in [1.29, 1.82) is 0 Å². The predicted molar refractivity (Wildman–Crippen MR) is 94.2 cm³/mol. The van der Waals surface area contributed by atoms with E-state index >= 15 is 0 Å². The van der Waals surface area contributed by atoms with E-state index < -0.39 is 0 Å². The molecule has 0 aliphatic carbocycles. The topological polar surface area (TPSA) is 59.4 Å². The third kappa shape index (κ3) is 4.35. The molecule has 0 saturated carbocycles. The fourth-order valence-corrected chi connectivity index (χ4v) is 2.92. The molecular weight excluding hydrogens is 304 g/mol. The second-order valence-corrected chi connectivity index (χ2v) is 5.98. The summed E-state index contributed by atoms with van der Waals surface area (Å²) in [7, 11) is 0. The molecule has 0 radical (unpaired) electrons. The molecule has 0 bridgehead atoms. The van der Waals surface area contributed by atoms with Crippen LogP contribution in [0.1, 0.15) is 19.8 Å². The second-order valence-electron chi connectivity index (χ2n) is 5.98. The maximum absolute atomic E-state index is 12.3. The Kier molecular flexibility index (Phi) is 5.48. The number of aromatic nitrogens is 2. The summed E-state index contributed by atoms with van der Waals surface area (Å²) in [6.45, 7) is 4.70. The summed E-state index contributed by atoms with van der Waals surface area (Å²) in [5, 5.41) is 7.22. The zero-order chi connectivity index (χ0) is 16.8. The smallest absolute Gasteiger partial charge is 0.243 e. The molecule has 128 valence electrons. The molecule has 0 spiro atoms. The minimum atomic E-state index is -0.0441. The number of anilines is 2. The molecule has 1 aromatic heterocycles. The number of para-hydroxylation sites is 1. The molecule has 6 heteroatoms. The minimum absolute atomic E-state index is 0.0441. The van der Waals surface area contributed by atoms with Crippen molar-refractivity contribution in [2.75, 3.05) is 29.9 Å². The van der Waals surface area contributed by atoms with Crippen LogP contribution < -0.4 is 10.2 Å². The number of hydrogen-bond acceptors (Lipinski definition) is 4. The first-order valence-corrected chi connectivity index (χ1v) is 8.48. The molecule has 1 aromatic carbocycles. The number of ether oxygens (including phenoxy) is 1. The lowest BCUT2D eigenvalue weighted by Crippen LogP contribution is -2.33. The third-order valence-corrected chi connectivity index (χ3v) is 4.17. The van der Waals surface area contributed by atoms with E-state index in [1.54, 1.807) is 6.20 Å². The first-order valence-electron chi connectivity index (χ1n) is 8.48. The molecule has 1 N–H and O–H groups in total. The van der Waals surface area contributed by atoms with Gasteiger partial charge in [-0.3, -0.25) is 9.48 Å². The fraction of sp³-hybridized carbons (Fsp3) is 0.444. The van der Waals surface area contributed by atoms with Crippen LogP contribution >= 0.6 is 0 Å². The van der Waals surface area contributed by atoms with Gasteiger partial charge in [0.1, 0.15) is 0 Å². The number of nitrogens with zero attached hydrogens (tertiary/aromatic N) is 3. The number of rotatable bonds is 7. The van der Waals surface area contributed by atoms with Crippen LogP contribution in [0.4, 0.5) is 11.4 Å². The molecule has 3 rings (SSSR count). The van der Waals surface area contributed by atoms with Gasteiger partial charge in [-0.25, -0.2) is 0 Å². The molecule has 1 amide bonds. The Bertz CT molecular complexity index is 650. The second kappa shape index (κ2) is 7.97. The third-order valence-electron chi connectivity index (χ3n) is 4.17. The quantitative estimate of drug-likeness (QED) is 0.848. The molecule has 1 aliphatic rings. The van der Waals surface area contributed by atoms with Crippen LogP contribution in [0.25, 0.3) is 0 Å². The highest BCUT2D eigenvalue weighted by atomic mass is 16.5. The van der Waals surface area contributed by atoms with Crippen LogP contribution in [0.3, 0.4) is 0 Å². The van der Waals surface area contributed by atoms with E-state index in [1.165, 1.54) is 0 Å². The fourth-order valence-electron chi connectivity index (χ4n) is 2.92. The Balaban J connectivity index is 1.53. The highest BCUT2D eigenvalue weighted by molar-refractivity contribution is 5.93. The number of nitrogens with one attached hydrogen (secondary N) is 1. The first kappa shape index (κ1) is 16.5. The maximum Gasteiger partial charge on any atom is 0.243 e. The van der Waals surface area contributed by atoms with Crippen molar-refractivity contribution in [3.05, 3.63) is 42.7 Å². The summed E-state index contributed by atoms with van der Waals surface area (Å²) in [5.41, 5.74) is 1.77. The van der Waals surface area contributed by atoms with Gasteiger partial charge in [0.25, 0.3) is 0 Å². The molecule has 1 aliphatic heterocycles. The van der Waals surface area contributed by atoms with Gasteiger partial charge in [-0.05, 0) is 31.9 Å². The van der Waals surface area contributed by atoms with Crippen molar-refractivity contribution in [3.63, 3.8) is 0 Å². The van der Waals surface area contributed by atoms with Crippen LogP contribution in [-0.2, 0) is 16.1 Å². The van der Waals surface area contributed by atoms with Crippen molar-refractivity contribution in [3.8, 4) is 0 Å². The van der Waals surface area contributed by atoms with Crippen molar-refractivity contribution < 1.29 is 9.53 Å². The number of benzene rings is 1. The van der Waals surface area contributed by atoms with Gasteiger partial charge >= 0.3 is 0 Å². The van der Waals surface area contributed by atoms with Crippen LogP contribution in [0.15, 0.2) is 42.7 Å². The average molecular weight is 328 g/mol. The molecular formula is C18H24N4O2. The zero-order valence-corrected chi connectivity index (χ0v) is 14.0. The van der Waals surface area contributed by atoms with Gasteiger partial charge < -0.3 is 15.0 Å². The molecule has 1 unspecified atom stereocenters. The van der Waals surface area contributed by atoms with Gasteiger partial charge in [0.15, 0.2) is 0 Å². The summed E-state index contributed by atoms with van der Waals surface area (Å²) in [4.78, 5) is 14.3. The number of hydrogen-bond donors (Lipinski definition) is 1. The van der Waals surface area contributed by atoms with Crippen molar-refractivity contribution in [1.82, 2.24) is 9.78 Å². The Morgan fingerprint density at radius 3 is 2.96 bits per heavy atom.